The first-order valence-corrected chi connectivity index (χ1v) is 7.86. The van der Waals surface area contributed by atoms with Crippen molar-refractivity contribution in [3.63, 3.8) is 0 Å². The normalized spacial score (nSPS) is 18.1. The van der Waals surface area contributed by atoms with E-state index in [1.54, 1.807) is 11.8 Å². The minimum atomic E-state index is -0.626. The zero-order valence-electron chi connectivity index (χ0n) is 11.2. The van der Waals surface area contributed by atoms with Gasteiger partial charge in [-0.1, -0.05) is 60.7 Å². The zero-order chi connectivity index (χ0) is 13.8. The molecular weight excluding hydrogens is 266 g/mol. The van der Waals surface area contributed by atoms with Crippen LogP contribution in [-0.4, -0.2) is 18.2 Å². The second-order valence-corrected chi connectivity index (χ2v) is 6.18. The average molecular weight is 283 g/mol. The highest BCUT2D eigenvalue weighted by Crippen LogP contribution is 2.44. The molecule has 0 bridgehead atoms. The molecule has 3 rings (SSSR count). The molecule has 0 aliphatic carbocycles. The first kappa shape index (κ1) is 13.3. The molecule has 1 amide bonds. The maximum absolute atomic E-state index is 12.8. The lowest BCUT2D eigenvalue weighted by Crippen LogP contribution is -2.41. The first-order chi connectivity index (χ1) is 9.84. The van der Waals surface area contributed by atoms with Gasteiger partial charge >= 0.3 is 0 Å². The van der Waals surface area contributed by atoms with Crippen LogP contribution in [0.15, 0.2) is 60.7 Å². The second kappa shape index (κ2) is 5.71. The van der Waals surface area contributed by atoms with Crippen LogP contribution in [0.4, 0.5) is 0 Å². The van der Waals surface area contributed by atoms with E-state index in [0.29, 0.717) is 0 Å². The van der Waals surface area contributed by atoms with Crippen LogP contribution in [-0.2, 0) is 9.54 Å². The monoisotopic (exact) mass is 283 g/mol. The molecule has 0 radical (unpaired) electrons. The van der Waals surface area contributed by atoms with Crippen molar-refractivity contribution < 1.29 is 4.79 Å². The summed E-state index contributed by atoms with van der Waals surface area (Å²) < 4.78 is -0.626. The Morgan fingerprint density at radius 1 is 0.900 bits per heavy atom. The van der Waals surface area contributed by atoms with Gasteiger partial charge in [0.1, 0.15) is 4.75 Å². The Balaban J connectivity index is 2.19. The standard InChI is InChI=1S/C17H17NOS/c19-16-17(20-13-7-12-18-16,14-8-3-1-4-9-14)15-10-5-2-6-11-15/h1-6,8-11H,7,12-13H2,(H,18,19). The van der Waals surface area contributed by atoms with Crippen LogP contribution >= 0.6 is 11.8 Å². The summed E-state index contributed by atoms with van der Waals surface area (Å²) in [5.41, 5.74) is 2.10. The first-order valence-electron chi connectivity index (χ1n) is 6.87. The van der Waals surface area contributed by atoms with Gasteiger partial charge in [-0.2, -0.15) is 0 Å². The summed E-state index contributed by atoms with van der Waals surface area (Å²) in [7, 11) is 0. The Hall–Kier alpha value is -1.74. The lowest BCUT2D eigenvalue weighted by atomic mass is 9.89. The van der Waals surface area contributed by atoms with Crippen LogP contribution in [0.5, 0.6) is 0 Å². The van der Waals surface area contributed by atoms with Gasteiger partial charge in [-0.15, -0.1) is 11.8 Å². The van der Waals surface area contributed by atoms with Gasteiger partial charge in [0.25, 0.3) is 0 Å². The molecule has 20 heavy (non-hydrogen) atoms. The van der Waals surface area contributed by atoms with Gasteiger partial charge in [0.2, 0.25) is 5.91 Å². The zero-order valence-corrected chi connectivity index (χ0v) is 12.0. The van der Waals surface area contributed by atoms with Crippen molar-refractivity contribution in [3.8, 4) is 0 Å². The van der Waals surface area contributed by atoms with E-state index in [1.807, 2.05) is 60.7 Å². The molecular formula is C17H17NOS. The quantitative estimate of drug-likeness (QED) is 0.917. The van der Waals surface area contributed by atoms with Crippen molar-refractivity contribution in [2.75, 3.05) is 12.3 Å². The van der Waals surface area contributed by atoms with E-state index in [9.17, 15) is 4.79 Å². The third-order valence-corrected chi connectivity index (χ3v) is 5.19. The smallest absolute Gasteiger partial charge is 0.245 e. The van der Waals surface area contributed by atoms with Crippen molar-refractivity contribution in [1.29, 1.82) is 0 Å². The number of hydrogen-bond donors (Lipinski definition) is 1. The van der Waals surface area contributed by atoms with E-state index < -0.39 is 4.75 Å². The molecule has 0 unspecified atom stereocenters. The minimum Gasteiger partial charge on any atom is -0.354 e. The SMILES string of the molecule is O=C1NCCCSC1(c1ccccc1)c1ccccc1. The third-order valence-electron chi connectivity index (χ3n) is 3.61. The van der Waals surface area contributed by atoms with Crippen molar-refractivity contribution in [3.05, 3.63) is 71.8 Å². The molecule has 2 aromatic rings. The number of carbonyl (C=O) groups is 1. The fourth-order valence-electron chi connectivity index (χ4n) is 2.63. The summed E-state index contributed by atoms with van der Waals surface area (Å²) in [4.78, 5) is 12.8. The third kappa shape index (κ3) is 2.22. The van der Waals surface area contributed by atoms with Crippen molar-refractivity contribution >= 4 is 17.7 Å². The number of benzene rings is 2. The summed E-state index contributed by atoms with van der Waals surface area (Å²) in [5, 5.41) is 3.07. The predicted molar refractivity (Wildman–Crippen MR) is 83.7 cm³/mol. The summed E-state index contributed by atoms with van der Waals surface area (Å²) in [6.07, 6.45) is 1.01. The highest BCUT2D eigenvalue weighted by atomic mass is 32.2. The molecule has 1 aliphatic heterocycles. The molecule has 0 aromatic heterocycles. The molecule has 1 N–H and O–H groups in total. The number of nitrogens with one attached hydrogen (secondary N) is 1. The van der Waals surface area contributed by atoms with Crippen LogP contribution < -0.4 is 5.32 Å². The topological polar surface area (TPSA) is 29.1 Å². The molecule has 0 saturated carbocycles. The maximum atomic E-state index is 12.8. The number of carbonyl (C=O) groups excluding carboxylic acids is 1. The summed E-state index contributed by atoms with van der Waals surface area (Å²) >= 11 is 1.73. The van der Waals surface area contributed by atoms with E-state index in [4.69, 9.17) is 0 Å². The van der Waals surface area contributed by atoms with Crippen molar-refractivity contribution in [1.82, 2.24) is 5.32 Å². The molecule has 1 fully saturated rings. The van der Waals surface area contributed by atoms with Crippen molar-refractivity contribution in [2.45, 2.75) is 11.2 Å². The lowest BCUT2D eigenvalue weighted by molar-refractivity contribution is -0.122. The number of thioether (sulfide) groups is 1. The molecule has 0 atom stereocenters. The number of rotatable bonds is 2. The number of amides is 1. The highest BCUT2D eigenvalue weighted by molar-refractivity contribution is 8.01. The molecule has 3 heteroatoms. The maximum Gasteiger partial charge on any atom is 0.245 e. The second-order valence-electron chi connectivity index (χ2n) is 4.87. The van der Waals surface area contributed by atoms with Crippen LogP contribution in [0.3, 0.4) is 0 Å². The number of hydrogen-bond acceptors (Lipinski definition) is 2. The summed E-state index contributed by atoms with van der Waals surface area (Å²) in [5.74, 6) is 1.07. The molecule has 1 aliphatic rings. The van der Waals surface area contributed by atoms with E-state index in [1.165, 1.54) is 0 Å². The lowest BCUT2D eigenvalue weighted by Gasteiger charge is -2.31. The summed E-state index contributed by atoms with van der Waals surface area (Å²) in [6, 6.07) is 20.2. The largest absolute Gasteiger partial charge is 0.354 e. The van der Waals surface area contributed by atoms with Crippen molar-refractivity contribution in [2.24, 2.45) is 0 Å². The average Bonchev–Trinajstić information content (AvgIpc) is 2.72. The predicted octanol–water partition coefficient (Wildman–Crippen LogP) is 3.18. The molecule has 2 nitrogen and oxygen atoms in total. The van der Waals surface area contributed by atoms with Gasteiger partial charge in [-0.25, -0.2) is 0 Å². The van der Waals surface area contributed by atoms with Gasteiger partial charge in [-0.05, 0) is 23.3 Å². The van der Waals surface area contributed by atoms with Crippen LogP contribution in [0.25, 0.3) is 0 Å². The summed E-state index contributed by atoms with van der Waals surface area (Å²) in [6.45, 7) is 0.757. The Kier molecular flexibility index (Phi) is 3.79. The fraction of sp³-hybridized carbons (Fsp3) is 0.235. The van der Waals surface area contributed by atoms with Gasteiger partial charge < -0.3 is 5.32 Å². The molecule has 2 aromatic carbocycles. The van der Waals surface area contributed by atoms with Gasteiger partial charge in [-0.3, -0.25) is 4.79 Å². The van der Waals surface area contributed by atoms with Crippen LogP contribution in [0.2, 0.25) is 0 Å². The molecule has 1 heterocycles. The fourth-order valence-corrected chi connectivity index (χ4v) is 4.03. The van der Waals surface area contributed by atoms with Gasteiger partial charge in [0.15, 0.2) is 0 Å². The Labute approximate surface area is 123 Å². The van der Waals surface area contributed by atoms with E-state index >= 15 is 0 Å². The molecule has 102 valence electrons. The Morgan fingerprint density at radius 3 is 2.00 bits per heavy atom. The van der Waals surface area contributed by atoms with E-state index in [-0.39, 0.29) is 5.91 Å². The highest BCUT2D eigenvalue weighted by Gasteiger charge is 2.43. The van der Waals surface area contributed by atoms with Crippen LogP contribution in [0, 0.1) is 0 Å². The van der Waals surface area contributed by atoms with E-state index in [2.05, 4.69) is 5.32 Å². The van der Waals surface area contributed by atoms with E-state index in [0.717, 1.165) is 29.8 Å². The van der Waals surface area contributed by atoms with Crippen LogP contribution in [0.1, 0.15) is 17.5 Å². The van der Waals surface area contributed by atoms with Gasteiger partial charge in [0, 0.05) is 6.54 Å². The minimum absolute atomic E-state index is 0.0948. The van der Waals surface area contributed by atoms with Gasteiger partial charge in [0.05, 0.1) is 0 Å². The Morgan fingerprint density at radius 2 is 1.45 bits per heavy atom. The molecule has 1 saturated heterocycles. The Bertz CT molecular complexity index is 543. The molecule has 0 spiro atoms.